The Morgan fingerprint density at radius 2 is 1.69 bits per heavy atom. The molecule has 1 saturated heterocycles. The first-order valence-corrected chi connectivity index (χ1v) is 10.8. The van der Waals surface area contributed by atoms with Gasteiger partial charge in [-0.2, -0.15) is 15.4 Å². The summed E-state index contributed by atoms with van der Waals surface area (Å²) in [5, 5.41) is 15.8. The van der Waals surface area contributed by atoms with Crippen LogP contribution in [0.4, 0.5) is 0 Å². The first-order chi connectivity index (χ1) is 15.7. The molecule has 0 unspecified atom stereocenters. The molecule has 2 fully saturated rings. The largest absolute Gasteiger partial charge is 0.342 e. The van der Waals surface area contributed by atoms with Crippen molar-refractivity contribution >= 4 is 28.9 Å². The number of hydrogen-bond donors (Lipinski definition) is 0. The molecule has 0 radical (unpaired) electrons. The van der Waals surface area contributed by atoms with Crippen LogP contribution in [-0.4, -0.2) is 27.6 Å². The fourth-order valence-corrected chi connectivity index (χ4v) is 5.58. The molecule has 6 heteroatoms. The smallest absolute Gasteiger partial charge is 0.254 e. The van der Waals surface area contributed by atoms with Gasteiger partial charge in [0.2, 0.25) is 0 Å². The van der Waals surface area contributed by atoms with Crippen LogP contribution >= 0.6 is 0 Å². The highest BCUT2D eigenvalue weighted by molar-refractivity contribution is 6.07. The molecule has 1 aliphatic heterocycles. The van der Waals surface area contributed by atoms with Gasteiger partial charge in [-0.05, 0) is 36.0 Å². The van der Waals surface area contributed by atoms with E-state index in [1.165, 1.54) is 0 Å². The van der Waals surface area contributed by atoms with Crippen molar-refractivity contribution in [2.45, 2.75) is 13.0 Å². The van der Waals surface area contributed by atoms with E-state index in [-0.39, 0.29) is 35.5 Å². The third-order valence-corrected chi connectivity index (χ3v) is 7.06. The Balaban J connectivity index is 1.33. The average Bonchev–Trinajstić information content (AvgIpc) is 3.57. The van der Waals surface area contributed by atoms with Crippen LogP contribution in [-0.2, 0) is 16.1 Å². The molecule has 2 amide bonds. The second-order valence-corrected chi connectivity index (χ2v) is 8.73. The van der Waals surface area contributed by atoms with E-state index in [1.807, 2.05) is 54.7 Å². The minimum Gasteiger partial charge on any atom is -0.342 e. The quantitative estimate of drug-likeness (QED) is 0.367. The summed E-state index contributed by atoms with van der Waals surface area (Å²) in [7, 11) is 0. The first-order valence-electron chi connectivity index (χ1n) is 10.8. The summed E-state index contributed by atoms with van der Waals surface area (Å²) in [6.45, 7) is 0.541. The van der Waals surface area contributed by atoms with Gasteiger partial charge in [0.05, 0.1) is 29.7 Å². The number of imide groups is 1. The Labute approximate surface area is 185 Å². The minimum atomic E-state index is -0.251. The van der Waals surface area contributed by atoms with Crippen LogP contribution in [0.3, 0.4) is 0 Å². The number of allylic oxidation sites excluding steroid dienone is 2. The lowest BCUT2D eigenvalue weighted by Gasteiger charge is -2.13. The third kappa shape index (κ3) is 2.68. The number of carbonyl (C=O) groups is 2. The zero-order valence-electron chi connectivity index (χ0n) is 17.3. The molecular formula is C26H20N4O2. The number of benzene rings is 2. The highest BCUT2D eigenvalue weighted by atomic mass is 16.2. The number of hydrogen-bond acceptors (Lipinski definition) is 4. The SMILES string of the molecule is N#Cc1ccccc1Cn1cc(/C=N\N2C(=O)[C@@H]3[C@H](C2=O)[C@H]2C=C[C@H]3C2)c2ccccc21. The highest BCUT2D eigenvalue weighted by Crippen LogP contribution is 2.52. The second kappa shape index (κ2) is 7.03. The number of hydrazone groups is 1. The fourth-order valence-electron chi connectivity index (χ4n) is 5.58. The Kier molecular flexibility index (Phi) is 4.12. The zero-order chi connectivity index (χ0) is 21.8. The van der Waals surface area contributed by atoms with Crippen molar-refractivity contribution in [1.82, 2.24) is 9.58 Å². The molecule has 3 aromatic rings. The van der Waals surface area contributed by atoms with E-state index < -0.39 is 0 Å². The van der Waals surface area contributed by atoms with Gasteiger partial charge in [-0.3, -0.25) is 9.59 Å². The number of carbonyl (C=O) groups excluding carboxylic acids is 2. The van der Waals surface area contributed by atoms with Gasteiger partial charge in [0.25, 0.3) is 11.8 Å². The Morgan fingerprint density at radius 3 is 2.44 bits per heavy atom. The van der Waals surface area contributed by atoms with Crippen molar-refractivity contribution in [1.29, 1.82) is 5.26 Å². The van der Waals surface area contributed by atoms with Crippen molar-refractivity contribution in [3.63, 3.8) is 0 Å². The van der Waals surface area contributed by atoms with Gasteiger partial charge in [0.15, 0.2) is 0 Å². The molecule has 1 saturated carbocycles. The summed E-state index contributed by atoms with van der Waals surface area (Å²) in [5.74, 6) is -0.524. The van der Waals surface area contributed by atoms with E-state index in [0.29, 0.717) is 12.1 Å². The molecule has 0 N–H and O–H groups in total. The number of para-hydroxylation sites is 1. The Morgan fingerprint density at radius 1 is 1.00 bits per heavy atom. The summed E-state index contributed by atoms with van der Waals surface area (Å²) >= 11 is 0. The van der Waals surface area contributed by atoms with E-state index in [0.717, 1.165) is 33.5 Å². The lowest BCUT2D eigenvalue weighted by atomic mass is 9.85. The molecule has 4 atom stereocenters. The standard InChI is InChI=1S/C26H20N4O2/c27-12-18-5-1-2-6-19(18)14-29-15-20(21-7-3-4-8-22(21)29)13-28-30-25(31)23-16-9-10-17(11-16)24(23)26(30)32/h1-10,13,15-17,23-24H,11,14H2/b28-13-/t16-,17-,23-,24+/m0/s1. The number of nitriles is 1. The van der Waals surface area contributed by atoms with Crippen LogP contribution in [0.15, 0.2) is 72.0 Å². The van der Waals surface area contributed by atoms with E-state index >= 15 is 0 Å². The molecule has 0 spiro atoms. The van der Waals surface area contributed by atoms with Gasteiger partial charge in [-0.15, -0.1) is 0 Å². The predicted octanol–water partition coefficient (Wildman–Crippen LogP) is 3.70. The van der Waals surface area contributed by atoms with Crippen molar-refractivity contribution < 1.29 is 9.59 Å². The van der Waals surface area contributed by atoms with Crippen LogP contribution in [0.25, 0.3) is 10.9 Å². The van der Waals surface area contributed by atoms with Crippen LogP contribution in [0.2, 0.25) is 0 Å². The van der Waals surface area contributed by atoms with Gasteiger partial charge < -0.3 is 4.57 Å². The number of aromatic nitrogens is 1. The van der Waals surface area contributed by atoms with Gasteiger partial charge in [-0.1, -0.05) is 48.6 Å². The molecule has 1 aromatic heterocycles. The number of fused-ring (bicyclic) bond motifs is 6. The van der Waals surface area contributed by atoms with Crippen LogP contribution < -0.4 is 0 Å². The van der Waals surface area contributed by atoms with Gasteiger partial charge in [0, 0.05) is 29.2 Å². The normalized spacial score (nSPS) is 25.9. The molecule has 6 nitrogen and oxygen atoms in total. The van der Waals surface area contributed by atoms with E-state index in [2.05, 4.69) is 27.9 Å². The fraction of sp³-hybridized carbons (Fsp3) is 0.231. The van der Waals surface area contributed by atoms with E-state index in [4.69, 9.17) is 0 Å². The number of rotatable bonds is 4. The van der Waals surface area contributed by atoms with Crippen LogP contribution in [0.1, 0.15) is 23.1 Å². The number of nitrogens with zero attached hydrogens (tertiary/aromatic N) is 4. The lowest BCUT2D eigenvalue weighted by molar-refractivity contribution is -0.140. The van der Waals surface area contributed by atoms with Crippen molar-refractivity contribution in [2.24, 2.45) is 28.8 Å². The molecule has 32 heavy (non-hydrogen) atoms. The Hall–Kier alpha value is -3.98. The maximum absolute atomic E-state index is 12.9. The second-order valence-electron chi connectivity index (χ2n) is 8.73. The predicted molar refractivity (Wildman–Crippen MR) is 119 cm³/mol. The molecular weight excluding hydrogens is 400 g/mol. The van der Waals surface area contributed by atoms with Crippen molar-refractivity contribution in [3.05, 3.63) is 83.6 Å². The van der Waals surface area contributed by atoms with Crippen molar-refractivity contribution in [3.8, 4) is 6.07 Å². The third-order valence-electron chi connectivity index (χ3n) is 7.06. The maximum atomic E-state index is 12.9. The molecule has 6 rings (SSSR count). The lowest BCUT2D eigenvalue weighted by Crippen LogP contribution is -2.28. The zero-order valence-corrected chi connectivity index (χ0v) is 17.3. The summed E-state index contributed by atoms with van der Waals surface area (Å²) < 4.78 is 2.07. The van der Waals surface area contributed by atoms with Crippen LogP contribution in [0.5, 0.6) is 0 Å². The van der Waals surface area contributed by atoms with Gasteiger partial charge >= 0.3 is 0 Å². The van der Waals surface area contributed by atoms with Gasteiger partial charge in [0.1, 0.15) is 0 Å². The minimum absolute atomic E-state index is 0.170. The van der Waals surface area contributed by atoms with E-state index in [9.17, 15) is 14.9 Å². The Bertz CT molecular complexity index is 1350. The highest BCUT2D eigenvalue weighted by Gasteiger charge is 2.59. The summed E-state index contributed by atoms with van der Waals surface area (Å²) in [4.78, 5) is 25.8. The topological polar surface area (TPSA) is 78.5 Å². The summed E-state index contributed by atoms with van der Waals surface area (Å²) in [6.07, 6.45) is 8.64. The molecule has 156 valence electrons. The van der Waals surface area contributed by atoms with Gasteiger partial charge in [-0.25, -0.2) is 0 Å². The summed E-state index contributed by atoms with van der Waals surface area (Å²) in [6, 6.07) is 17.7. The summed E-state index contributed by atoms with van der Waals surface area (Å²) in [5.41, 5.74) is 3.40. The number of amides is 2. The maximum Gasteiger partial charge on any atom is 0.254 e. The monoisotopic (exact) mass is 420 g/mol. The molecule has 2 aliphatic carbocycles. The van der Waals surface area contributed by atoms with Crippen LogP contribution in [0, 0.1) is 35.0 Å². The average molecular weight is 420 g/mol. The molecule has 2 bridgehead atoms. The molecule has 3 aliphatic rings. The van der Waals surface area contributed by atoms with Crippen molar-refractivity contribution in [2.75, 3.05) is 0 Å². The first kappa shape index (κ1) is 18.8. The molecule has 2 aromatic carbocycles. The van der Waals surface area contributed by atoms with E-state index in [1.54, 1.807) is 6.21 Å². The molecule has 2 heterocycles.